The standard InChI is InChI=1S/C13H14F3NO2S/c1-8(18)6-17-11(19)7-20-12(17)9-3-2-4-10(5-9)13(14,15)16/h2-5,8,12,18H,6-7H2,1H3/t8-,12-/m0/s1. The Bertz CT molecular complexity index is 505. The first-order valence-electron chi connectivity index (χ1n) is 6.05. The van der Waals surface area contributed by atoms with Crippen LogP contribution in [0.3, 0.4) is 0 Å². The Morgan fingerprint density at radius 1 is 1.50 bits per heavy atom. The summed E-state index contributed by atoms with van der Waals surface area (Å²) in [4.78, 5) is 13.2. The van der Waals surface area contributed by atoms with Crippen LogP contribution >= 0.6 is 11.8 Å². The molecule has 2 atom stereocenters. The number of benzene rings is 1. The van der Waals surface area contributed by atoms with Gasteiger partial charge in [0.2, 0.25) is 5.91 Å². The number of hydrogen-bond acceptors (Lipinski definition) is 3. The molecule has 0 unspecified atom stereocenters. The zero-order valence-corrected chi connectivity index (χ0v) is 11.5. The molecule has 0 saturated carbocycles. The first-order valence-corrected chi connectivity index (χ1v) is 7.10. The van der Waals surface area contributed by atoms with Gasteiger partial charge in [0.25, 0.3) is 0 Å². The van der Waals surface area contributed by atoms with Crippen molar-refractivity contribution in [3.63, 3.8) is 0 Å². The van der Waals surface area contributed by atoms with Crippen molar-refractivity contribution >= 4 is 17.7 Å². The molecule has 2 rings (SSSR count). The Hall–Kier alpha value is -1.21. The van der Waals surface area contributed by atoms with E-state index in [2.05, 4.69) is 0 Å². The molecule has 0 aliphatic carbocycles. The molecule has 110 valence electrons. The molecule has 0 bridgehead atoms. The van der Waals surface area contributed by atoms with E-state index >= 15 is 0 Å². The van der Waals surface area contributed by atoms with E-state index in [1.54, 1.807) is 13.0 Å². The number of carbonyl (C=O) groups excluding carboxylic acids is 1. The summed E-state index contributed by atoms with van der Waals surface area (Å²) in [5, 5.41) is 8.92. The van der Waals surface area contributed by atoms with Gasteiger partial charge in [0.05, 0.1) is 17.4 Å². The van der Waals surface area contributed by atoms with Gasteiger partial charge in [-0.05, 0) is 24.6 Å². The van der Waals surface area contributed by atoms with Crippen molar-refractivity contribution in [2.75, 3.05) is 12.3 Å². The summed E-state index contributed by atoms with van der Waals surface area (Å²) in [5.74, 6) is 0.0477. The lowest BCUT2D eigenvalue weighted by atomic mass is 10.1. The normalized spacial score (nSPS) is 21.4. The van der Waals surface area contributed by atoms with Crippen LogP contribution in [0.5, 0.6) is 0 Å². The minimum absolute atomic E-state index is 0.118. The average molecular weight is 305 g/mol. The highest BCUT2D eigenvalue weighted by atomic mass is 32.2. The van der Waals surface area contributed by atoms with Gasteiger partial charge in [-0.2, -0.15) is 13.2 Å². The number of alkyl halides is 3. The van der Waals surface area contributed by atoms with E-state index in [1.807, 2.05) is 0 Å². The van der Waals surface area contributed by atoms with E-state index in [-0.39, 0.29) is 18.2 Å². The monoisotopic (exact) mass is 305 g/mol. The van der Waals surface area contributed by atoms with Gasteiger partial charge in [-0.25, -0.2) is 0 Å². The van der Waals surface area contributed by atoms with Crippen LogP contribution in [0.2, 0.25) is 0 Å². The molecule has 1 aromatic carbocycles. The molecular formula is C13H14F3NO2S. The molecule has 1 fully saturated rings. The molecule has 0 spiro atoms. The van der Waals surface area contributed by atoms with Crippen LogP contribution in [0.4, 0.5) is 13.2 Å². The summed E-state index contributed by atoms with van der Waals surface area (Å²) in [6.07, 6.45) is -5.12. The number of aliphatic hydroxyl groups excluding tert-OH is 1. The Balaban J connectivity index is 2.28. The summed E-state index contributed by atoms with van der Waals surface area (Å²) in [7, 11) is 0. The highest BCUT2D eigenvalue weighted by Gasteiger charge is 2.35. The number of β-amino-alcohol motifs (C(OH)–C–C–N with tert-alkyl or cyclic N) is 1. The van der Waals surface area contributed by atoms with Crippen LogP contribution in [-0.2, 0) is 11.0 Å². The molecule has 1 aromatic rings. The van der Waals surface area contributed by atoms with Gasteiger partial charge in [0.15, 0.2) is 0 Å². The lowest BCUT2D eigenvalue weighted by Gasteiger charge is -2.25. The van der Waals surface area contributed by atoms with Crippen molar-refractivity contribution in [2.24, 2.45) is 0 Å². The van der Waals surface area contributed by atoms with Gasteiger partial charge >= 0.3 is 6.18 Å². The predicted molar refractivity (Wildman–Crippen MR) is 70.0 cm³/mol. The van der Waals surface area contributed by atoms with Crippen molar-refractivity contribution in [1.82, 2.24) is 4.90 Å². The summed E-state index contributed by atoms with van der Waals surface area (Å²) >= 11 is 1.27. The zero-order chi connectivity index (χ0) is 14.9. The number of thioether (sulfide) groups is 1. The van der Waals surface area contributed by atoms with Gasteiger partial charge in [0.1, 0.15) is 5.37 Å². The highest BCUT2D eigenvalue weighted by molar-refractivity contribution is 8.00. The number of halogens is 3. The average Bonchev–Trinajstić information content (AvgIpc) is 2.70. The van der Waals surface area contributed by atoms with Crippen LogP contribution in [0.1, 0.15) is 23.4 Å². The molecular weight excluding hydrogens is 291 g/mol. The Morgan fingerprint density at radius 3 is 2.80 bits per heavy atom. The molecule has 1 aliphatic heterocycles. The minimum Gasteiger partial charge on any atom is -0.392 e. The van der Waals surface area contributed by atoms with Crippen LogP contribution in [-0.4, -0.2) is 34.3 Å². The van der Waals surface area contributed by atoms with Gasteiger partial charge in [0, 0.05) is 6.54 Å². The summed E-state index contributed by atoms with van der Waals surface area (Å²) in [6.45, 7) is 1.66. The lowest BCUT2D eigenvalue weighted by molar-refractivity contribution is -0.137. The lowest BCUT2D eigenvalue weighted by Crippen LogP contribution is -2.34. The summed E-state index contributed by atoms with van der Waals surface area (Å²) in [5.41, 5.74) is -0.303. The van der Waals surface area contributed by atoms with Crippen LogP contribution < -0.4 is 0 Å². The van der Waals surface area contributed by atoms with Crippen molar-refractivity contribution in [2.45, 2.75) is 24.6 Å². The van der Waals surface area contributed by atoms with E-state index < -0.39 is 23.2 Å². The number of nitrogens with zero attached hydrogens (tertiary/aromatic N) is 1. The van der Waals surface area contributed by atoms with Crippen molar-refractivity contribution in [3.05, 3.63) is 35.4 Å². The van der Waals surface area contributed by atoms with Crippen molar-refractivity contribution in [3.8, 4) is 0 Å². The van der Waals surface area contributed by atoms with Crippen LogP contribution in [0, 0.1) is 0 Å². The van der Waals surface area contributed by atoms with Crippen LogP contribution in [0.25, 0.3) is 0 Å². The second-order valence-electron chi connectivity index (χ2n) is 4.68. The number of aliphatic hydroxyl groups is 1. The quantitative estimate of drug-likeness (QED) is 0.933. The maximum atomic E-state index is 12.7. The largest absolute Gasteiger partial charge is 0.416 e. The number of rotatable bonds is 3. The molecule has 0 radical (unpaired) electrons. The molecule has 1 aliphatic rings. The second-order valence-corrected chi connectivity index (χ2v) is 5.75. The Morgan fingerprint density at radius 2 is 2.20 bits per heavy atom. The summed E-state index contributed by atoms with van der Waals surface area (Å²) in [6, 6.07) is 4.97. The van der Waals surface area contributed by atoms with E-state index in [9.17, 15) is 23.1 Å². The van der Waals surface area contributed by atoms with Crippen molar-refractivity contribution < 1.29 is 23.1 Å². The maximum absolute atomic E-state index is 12.7. The third kappa shape index (κ3) is 3.27. The fourth-order valence-electron chi connectivity index (χ4n) is 2.08. The molecule has 3 nitrogen and oxygen atoms in total. The third-order valence-electron chi connectivity index (χ3n) is 2.93. The SMILES string of the molecule is C[C@H](O)CN1C(=O)CS[C@H]1c1cccc(C(F)(F)F)c1. The Labute approximate surface area is 118 Å². The fourth-order valence-corrected chi connectivity index (χ4v) is 3.27. The van der Waals surface area contributed by atoms with E-state index in [1.165, 1.54) is 22.7 Å². The predicted octanol–water partition coefficient (Wildman–Crippen LogP) is 2.66. The molecule has 1 N–H and O–H groups in total. The molecule has 0 aromatic heterocycles. The second kappa shape index (κ2) is 5.65. The number of amides is 1. The molecule has 1 amide bonds. The molecule has 20 heavy (non-hydrogen) atoms. The Kier molecular flexibility index (Phi) is 4.29. The van der Waals surface area contributed by atoms with Gasteiger partial charge in [-0.3, -0.25) is 4.79 Å². The number of hydrogen-bond donors (Lipinski definition) is 1. The highest BCUT2D eigenvalue weighted by Crippen LogP contribution is 2.40. The topological polar surface area (TPSA) is 40.5 Å². The van der Waals surface area contributed by atoms with Gasteiger partial charge in [-0.1, -0.05) is 12.1 Å². The van der Waals surface area contributed by atoms with Crippen molar-refractivity contribution in [1.29, 1.82) is 0 Å². The smallest absolute Gasteiger partial charge is 0.392 e. The fraction of sp³-hybridized carbons (Fsp3) is 0.462. The third-order valence-corrected chi connectivity index (χ3v) is 4.18. The van der Waals surface area contributed by atoms with E-state index in [0.29, 0.717) is 5.56 Å². The first kappa shape index (κ1) is 15.2. The van der Waals surface area contributed by atoms with E-state index in [4.69, 9.17) is 0 Å². The van der Waals surface area contributed by atoms with Gasteiger partial charge in [-0.15, -0.1) is 11.8 Å². The van der Waals surface area contributed by atoms with E-state index in [0.717, 1.165) is 12.1 Å². The van der Waals surface area contributed by atoms with Gasteiger partial charge < -0.3 is 10.0 Å². The first-order chi connectivity index (χ1) is 9.29. The number of carbonyl (C=O) groups is 1. The minimum atomic E-state index is -4.40. The zero-order valence-electron chi connectivity index (χ0n) is 10.7. The summed E-state index contributed by atoms with van der Waals surface area (Å²) < 4.78 is 38.1. The molecule has 1 saturated heterocycles. The van der Waals surface area contributed by atoms with Crippen LogP contribution in [0.15, 0.2) is 24.3 Å². The maximum Gasteiger partial charge on any atom is 0.416 e. The molecule has 1 heterocycles. The molecule has 7 heteroatoms.